The molecule has 0 aromatic heterocycles. The zero-order valence-corrected chi connectivity index (χ0v) is 18.6. The van der Waals surface area contributed by atoms with Gasteiger partial charge in [-0.2, -0.15) is 4.90 Å². The molecule has 2 aliphatic heterocycles. The molecule has 2 aliphatic rings. The van der Waals surface area contributed by atoms with Crippen LogP contribution in [0.15, 0.2) is 84.9 Å². The lowest BCUT2D eigenvalue weighted by molar-refractivity contribution is -0.534. The molecule has 3 aromatic carbocycles. The van der Waals surface area contributed by atoms with Crippen molar-refractivity contribution in [3.63, 3.8) is 0 Å². The SMILES string of the molecule is OC1(c2ccc(-c3ccccc3)cc2)C[N+]2=C(CCCCC2)N1c1ccccc1.[Br-]. The van der Waals surface area contributed by atoms with Crippen LogP contribution >= 0.6 is 0 Å². The van der Waals surface area contributed by atoms with Gasteiger partial charge in [0.25, 0.3) is 11.6 Å². The third-order valence-electron chi connectivity index (χ3n) is 6.20. The Morgan fingerprint density at radius 3 is 2.07 bits per heavy atom. The predicted octanol–water partition coefficient (Wildman–Crippen LogP) is 2.01. The van der Waals surface area contributed by atoms with Crippen LogP contribution in [0.1, 0.15) is 31.2 Å². The molecule has 4 heteroatoms. The number of para-hydroxylation sites is 1. The molecule has 5 rings (SSSR count). The summed E-state index contributed by atoms with van der Waals surface area (Å²) in [6, 6.07) is 29.2. The van der Waals surface area contributed by atoms with Crippen molar-refractivity contribution in [2.75, 3.05) is 18.0 Å². The lowest BCUT2D eigenvalue weighted by atomic mass is 9.96. The molecule has 0 bridgehead atoms. The summed E-state index contributed by atoms with van der Waals surface area (Å²) in [5, 5.41) is 12.0. The monoisotopic (exact) mass is 462 g/mol. The van der Waals surface area contributed by atoms with E-state index in [1.807, 2.05) is 24.3 Å². The summed E-state index contributed by atoms with van der Waals surface area (Å²) in [4.78, 5) is 2.18. The van der Waals surface area contributed by atoms with E-state index in [0.717, 1.165) is 24.2 Å². The molecule has 0 fully saturated rings. The summed E-state index contributed by atoms with van der Waals surface area (Å²) in [7, 11) is 0. The Morgan fingerprint density at radius 2 is 1.37 bits per heavy atom. The average Bonchev–Trinajstić information content (AvgIpc) is 2.90. The van der Waals surface area contributed by atoms with E-state index < -0.39 is 5.72 Å². The highest BCUT2D eigenvalue weighted by Crippen LogP contribution is 2.38. The molecule has 0 saturated carbocycles. The van der Waals surface area contributed by atoms with E-state index in [0.29, 0.717) is 6.54 Å². The maximum absolute atomic E-state index is 12.0. The first kappa shape index (κ1) is 20.8. The zero-order valence-electron chi connectivity index (χ0n) is 17.0. The number of nitrogens with zero attached hydrogens (tertiary/aromatic N) is 2. The van der Waals surface area contributed by atoms with Crippen LogP contribution in [-0.4, -0.2) is 28.6 Å². The number of benzene rings is 3. The highest BCUT2D eigenvalue weighted by molar-refractivity contribution is 5.97. The van der Waals surface area contributed by atoms with Crippen LogP contribution in [-0.2, 0) is 5.72 Å². The first-order chi connectivity index (χ1) is 14.3. The van der Waals surface area contributed by atoms with E-state index in [-0.39, 0.29) is 17.0 Å². The van der Waals surface area contributed by atoms with Crippen molar-refractivity contribution in [3.05, 3.63) is 90.5 Å². The summed E-state index contributed by atoms with van der Waals surface area (Å²) in [6.07, 6.45) is 4.64. The largest absolute Gasteiger partial charge is 1.00 e. The molecule has 30 heavy (non-hydrogen) atoms. The Balaban J connectivity index is 0.00000218. The molecule has 0 amide bonds. The van der Waals surface area contributed by atoms with Gasteiger partial charge in [-0.1, -0.05) is 72.8 Å². The molecule has 1 N–H and O–H groups in total. The van der Waals surface area contributed by atoms with Crippen molar-refractivity contribution in [2.45, 2.75) is 31.4 Å². The first-order valence-corrected chi connectivity index (χ1v) is 10.6. The van der Waals surface area contributed by atoms with Gasteiger partial charge in [-0.3, -0.25) is 4.58 Å². The summed E-state index contributed by atoms with van der Waals surface area (Å²) in [5.41, 5.74) is 3.32. The molecule has 2 heterocycles. The Hall–Kier alpha value is -2.43. The molecular weight excluding hydrogens is 436 g/mol. The molecule has 154 valence electrons. The van der Waals surface area contributed by atoms with Crippen molar-refractivity contribution in [2.24, 2.45) is 0 Å². The van der Waals surface area contributed by atoms with Gasteiger partial charge >= 0.3 is 0 Å². The van der Waals surface area contributed by atoms with Crippen LogP contribution in [0, 0.1) is 0 Å². The van der Waals surface area contributed by atoms with E-state index in [4.69, 9.17) is 0 Å². The molecule has 1 unspecified atom stereocenters. The van der Waals surface area contributed by atoms with Gasteiger partial charge in [0.2, 0.25) is 0 Å². The lowest BCUT2D eigenvalue weighted by Crippen LogP contribution is -3.00. The van der Waals surface area contributed by atoms with Crippen LogP contribution in [0.2, 0.25) is 0 Å². The number of amidine groups is 1. The van der Waals surface area contributed by atoms with Gasteiger partial charge in [0.1, 0.15) is 5.69 Å². The fraction of sp³-hybridized carbons (Fsp3) is 0.269. The predicted molar refractivity (Wildman–Crippen MR) is 118 cm³/mol. The van der Waals surface area contributed by atoms with Gasteiger partial charge in [0, 0.05) is 12.0 Å². The second kappa shape index (κ2) is 8.75. The maximum Gasteiger partial charge on any atom is 0.275 e. The van der Waals surface area contributed by atoms with Crippen LogP contribution < -0.4 is 21.9 Å². The second-order valence-corrected chi connectivity index (χ2v) is 8.08. The first-order valence-electron chi connectivity index (χ1n) is 10.6. The van der Waals surface area contributed by atoms with Crippen LogP contribution in [0.5, 0.6) is 0 Å². The minimum atomic E-state index is -1.05. The fourth-order valence-corrected chi connectivity index (χ4v) is 4.74. The summed E-state index contributed by atoms with van der Waals surface area (Å²) in [5.74, 6) is 1.25. The maximum atomic E-state index is 12.0. The molecular formula is C26H27BrN2O. The lowest BCUT2D eigenvalue weighted by Gasteiger charge is -2.29. The topological polar surface area (TPSA) is 26.5 Å². The third-order valence-corrected chi connectivity index (χ3v) is 6.20. The Morgan fingerprint density at radius 1 is 0.733 bits per heavy atom. The molecule has 0 saturated heterocycles. The van der Waals surface area contributed by atoms with Crippen molar-refractivity contribution < 1.29 is 26.7 Å². The van der Waals surface area contributed by atoms with Gasteiger partial charge < -0.3 is 22.1 Å². The van der Waals surface area contributed by atoms with Crippen LogP contribution in [0.25, 0.3) is 11.1 Å². The van der Waals surface area contributed by atoms with E-state index in [2.05, 4.69) is 70.1 Å². The fourth-order valence-electron chi connectivity index (χ4n) is 4.74. The van der Waals surface area contributed by atoms with Gasteiger partial charge in [-0.05, 0) is 42.5 Å². The van der Waals surface area contributed by atoms with E-state index in [1.165, 1.54) is 36.2 Å². The second-order valence-electron chi connectivity index (χ2n) is 8.08. The normalized spacial score (nSPS) is 21.0. The van der Waals surface area contributed by atoms with Gasteiger partial charge in [-0.15, -0.1) is 0 Å². The average molecular weight is 463 g/mol. The number of hydrogen-bond acceptors (Lipinski definition) is 2. The Labute approximate surface area is 189 Å². The van der Waals surface area contributed by atoms with Gasteiger partial charge in [-0.25, -0.2) is 0 Å². The number of halogens is 1. The van der Waals surface area contributed by atoms with E-state index in [1.54, 1.807) is 0 Å². The standard InChI is InChI=1S/C26H27N2O.BrH/c29-26(23-17-15-22(16-18-23)21-10-4-1-5-11-21)20-27-19-9-3-8-14-25(27)28(26)24-12-6-2-7-13-24;/h1-2,4-7,10-13,15-18,29H,3,8-9,14,19-20H2;1H/q+1;/p-1. The summed E-state index contributed by atoms with van der Waals surface area (Å²) < 4.78 is 2.39. The highest BCUT2D eigenvalue weighted by Gasteiger charge is 2.53. The quantitative estimate of drug-likeness (QED) is 0.602. The number of aliphatic hydroxyl groups is 1. The van der Waals surface area contributed by atoms with E-state index in [9.17, 15) is 5.11 Å². The van der Waals surface area contributed by atoms with Crippen LogP contribution in [0.4, 0.5) is 5.69 Å². The summed E-state index contributed by atoms with van der Waals surface area (Å²) >= 11 is 0. The highest BCUT2D eigenvalue weighted by atomic mass is 79.9. The third kappa shape index (κ3) is 3.70. The van der Waals surface area contributed by atoms with Crippen molar-refractivity contribution in [1.82, 2.24) is 0 Å². The molecule has 1 atom stereocenters. The van der Waals surface area contributed by atoms with Gasteiger partial charge in [0.15, 0.2) is 6.54 Å². The van der Waals surface area contributed by atoms with Crippen molar-refractivity contribution >= 4 is 11.5 Å². The number of rotatable bonds is 3. The van der Waals surface area contributed by atoms with Gasteiger partial charge in [0.05, 0.1) is 6.54 Å². The molecule has 3 nitrogen and oxygen atoms in total. The minimum Gasteiger partial charge on any atom is -1.00 e. The number of hydrogen-bond donors (Lipinski definition) is 1. The zero-order chi connectivity index (χ0) is 19.7. The Kier molecular flexibility index (Phi) is 6.07. The minimum absolute atomic E-state index is 0. The summed E-state index contributed by atoms with van der Waals surface area (Å²) in [6.45, 7) is 1.63. The van der Waals surface area contributed by atoms with E-state index >= 15 is 0 Å². The molecule has 0 radical (unpaired) electrons. The molecule has 0 spiro atoms. The number of anilines is 1. The molecule has 0 aliphatic carbocycles. The van der Waals surface area contributed by atoms with Crippen LogP contribution in [0.3, 0.4) is 0 Å². The smallest absolute Gasteiger partial charge is 0.275 e. The Bertz CT molecular complexity index is 1020. The van der Waals surface area contributed by atoms with Crippen molar-refractivity contribution in [3.8, 4) is 11.1 Å². The molecule has 3 aromatic rings. The van der Waals surface area contributed by atoms with Crippen molar-refractivity contribution in [1.29, 1.82) is 0 Å².